The van der Waals surface area contributed by atoms with Gasteiger partial charge in [0.1, 0.15) is 17.2 Å². The number of benzene rings is 2. The maximum Gasteiger partial charge on any atom is 0.220 e. The molecule has 1 aliphatic rings. The fourth-order valence-electron chi connectivity index (χ4n) is 4.07. The van der Waals surface area contributed by atoms with E-state index in [0.29, 0.717) is 11.4 Å². The minimum Gasteiger partial charge on any atom is -0.383 e. The second-order valence-corrected chi connectivity index (χ2v) is 7.03. The third kappa shape index (κ3) is 2.61. The molecule has 2 aromatic carbocycles. The van der Waals surface area contributed by atoms with E-state index in [0.717, 1.165) is 16.7 Å². The molecule has 0 amide bonds. The summed E-state index contributed by atoms with van der Waals surface area (Å²) in [5.41, 5.74) is 8.68. The Bertz CT molecular complexity index is 1290. The summed E-state index contributed by atoms with van der Waals surface area (Å²) in [4.78, 5) is 12.6. The highest BCUT2D eigenvalue weighted by Gasteiger charge is 2.43. The molecule has 6 heteroatoms. The van der Waals surface area contributed by atoms with Crippen molar-refractivity contribution in [2.75, 3.05) is 0 Å². The van der Waals surface area contributed by atoms with Gasteiger partial charge < -0.3 is 5.73 Å². The summed E-state index contributed by atoms with van der Waals surface area (Å²) < 4.78 is 29.1. The second kappa shape index (κ2) is 6.84. The molecule has 0 aliphatic carbocycles. The van der Waals surface area contributed by atoms with E-state index in [2.05, 4.69) is 9.97 Å². The minimum atomic E-state index is -0.995. The number of nitrogens with zero attached hydrogens (tertiary/aromatic N) is 3. The van der Waals surface area contributed by atoms with Crippen molar-refractivity contribution in [3.05, 3.63) is 119 Å². The first-order valence-corrected chi connectivity index (χ1v) is 9.38. The first-order chi connectivity index (χ1) is 14.6. The van der Waals surface area contributed by atoms with Crippen LogP contribution in [0.1, 0.15) is 22.3 Å². The average molecular weight is 398 g/mol. The van der Waals surface area contributed by atoms with Crippen molar-refractivity contribution < 1.29 is 8.78 Å². The zero-order valence-electron chi connectivity index (χ0n) is 15.8. The van der Waals surface area contributed by atoms with Crippen LogP contribution in [-0.2, 0) is 5.54 Å². The van der Waals surface area contributed by atoms with E-state index in [1.165, 1.54) is 18.3 Å². The normalized spacial score (nSPS) is 17.5. The monoisotopic (exact) mass is 398 g/mol. The van der Waals surface area contributed by atoms with Crippen LogP contribution in [0.3, 0.4) is 0 Å². The van der Waals surface area contributed by atoms with Crippen molar-refractivity contribution in [2.45, 2.75) is 5.54 Å². The van der Waals surface area contributed by atoms with Crippen LogP contribution in [0.4, 0.5) is 8.78 Å². The van der Waals surface area contributed by atoms with Crippen molar-refractivity contribution in [1.29, 1.82) is 0 Å². The molecule has 3 heterocycles. The SMILES string of the molecule is NC1=NC(c2ccncc2)(c2ccc(F)c(-c3cccnc3F)c2)c2ccccc21. The zero-order chi connectivity index (χ0) is 20.7. The first kappa shape index (κ1) is 18.1. The van der Waals surface area contributed by atoms with E-state index < -0.39 is 17.3 Å². The van der Waals surface area contributed by atoms with Gasteiger partial charge in [-0.25, -0.2) is 14.4 Å². The quantitative estimate of drug-likeness (QED) is 0.519. The molecule has 0 saturated carbocycles. The molecule has 4 aromatic rings. The van der Waals surface area contributed by atoms with Gasteiger partial charge in [0.15, 0.2) is 0 Å². The molecule has 0 spiro atoms. The van der Waals surface area contributed by atoms with Gasteiger partial charge in [0.25, 0.3) is 0 Å². The van der Waals surface area contributed by atoms with Crippen LogP contribution in [0.25, 0.3) is 11.1 Å². The summed E-state index contributed by atoms with van der Waals surface area (Å²) in [6.45, 7) is 0. The number of amidine groups is 1. The topological polar surface area (TPSA) is 64.2 Å². The first-order valence-electron chi connectivity index (χ1n) is 9.38. The Morgan fingerprint density at radius 2 is 1.50 bits per heavy atom. The van der Waals surface area contributed by atoms with E-state index in [1.54, 1.807) is 30.6 Å². The molecule has 0 saturated heterocycles. The molecular formula is C24H16F2N4. The number of aliphatic imine (C=N–C) groups is 1. The van der Waals surface area contributed by atoms with Gasteiger partial charge in [-0.1, -0.05) is 30.3 Å². The van der Waals surface area contributed by atoms with Crippen molar-refractivity contribution in [3.8, 4) is 11.1 Å². The summed E-state index contributed by atoms with van der Waals surface area (Å²) in [6, 6.07) is 19.1. The molecule has 0 fully saturated rings. The lowest BCUT2D eigenvalue weighted by Gasteiger charge is -2.29. The number of hydrogen-bond acceptors (Lipinski definition) is 4. The summed E-state index contributed by atoms with van der Waals surface area (Å²) in [5, 5.41) is 0. The highest BCUT2D eigenvalue weighted by molar-refractivity contribution is 6.03. The van der Waals surface area contributed by atoms with E-state index in [9.17, 15) is 8.78 Å². The van der Waals surface area contributed by atoms with Gasteiger partial charge in [-0.2, -0.15) is 4.39 Å². The standard InChI is InChI=1S/C24H16F2N4/c25-21-8-7-16(14-19(21)17-5-3-11-29-22(17)26)24(15-9-12-28-13-10-15)20-6-2-1-4-18(20)23(27)30-24/h1-14H,(H2,27,30). The molecule has 0 bridgehead atoms. The van der Waals surface area contributed by atoms with Crippen LogP contribution in [0.15, 0.2) is 90.3 Å². The van der Waals surface area contributed by atoms with Crippen LogP contribution < -0.4 is 5.73 Å². The van der Waals surface area contributed by atoms with E-state index in [1.807, 2.05) is 36.4 Å². The lowest BCUT2D eigenvalue weighted by molar-refractivity contribution is 0.582. The summed E-state index contributed by atoms with van der Waals surface area (Å²) in [5.74, 6) is -0.888. The summed E-state index contributed by atoms with van der Waals surface area (Å²) >= 11 is 0. The number of aromatic nitrogens is 2. The average Bonchev–Trinajstić information content (AvgIpc) is 3.09. The smallest absolute Gasteiger partial charge is 0.220 e. The third-order valence-corrected chi connectivity index (χ3v) is 5.41. The molecule has 5 rings (SSSR count). The Morgan fingerprint density at radius 1 is 0.733 bits per heavy atom. The second-order valence-electron chi connectivity index (χ2n) is 7.03. The number of halogens is 2. The molecular weight excluding hydrogens is 382 g/mol. The van der Waals surface area contributed by atoms with Gasteiger partial charge in [0.2, 0.25) is 5.95 Å². The predicted octanol–water partition coefficient (Wildman–Crippen LogP) is 4.43. The Labute approximate surface area is 171 Å². The van der Waals surface area contributed by atoms with Crippen LogP contribution in [0.2, 0.25) is 0 Å². The molecule has 2 N–H and O–H groups in total. The van der Waals surface area contributed by atoms with E-state index in [4.69, 9.17) is 10.7 Å². The maximum atomic E-state index is 14.8. The Kier molecular flexibility index (Phi) is 4.13. The molecule has 1 unspecified atom stereocenters. The zero-order valence-corrected chi connectivity index (χ0v) is 15.8. The maximum absolute atomic E-state index is 14.8. The van der Waals surface area contributed by atoms with Crippen molar-refractivity contribution >= 4 is 5.84 Å². The number of rotatable bonds is 3. The van der Waals surface area contributed by atoms with Crippen LogP contribution in [0.5, 0.6) is 0 Å². The minimum absolute atomic E-state index is 0.0879. The molecule has 1 aliphatic heterocycles. The van der Waals surface area contributed by atoms with Gasteiger partial charge in [0.05, 0.1) is 0 Å². The lowest BCUT2D eigenvalue weighted by atomic mass is 9.77. The van der Waals surface area contributed by atoms with Gasteiger partial charge in [0, 0.05) is 35.3 Å². The van der Waals surface area contributed by atoms with Gasteiger partial charge in [-0.3, -0.25) is 4.98 Å². The number of fused-ring (bicyclic) bond motifs is 1. The number of hydrogen-bond donors (Lipinski definition) is 1. The van der Waals surface area contributed by atoms with Gasteiger partial charge in [-0.15, -0.1) is 0 Å². The molecule has 4 nitrogen and oxygen atoms in total. The predicted molar refractivity (Wildman–Crippen MR) is 111 cm³/mol. The molecule has 30 heavy (non-hydrogen) atoms. The molecule has 146 valence electrons. The van der Waals surface area contributed by atoms with Crippen LogP contribution in [0, 0.1) is 11.8 Å². The van der Waals surface area contributed by atoms with Crippen LogP contribution >= 0.6 is 0 Å². The number of pyridine rings is 2. The van der Waals surface area contributed by atoms with Crippen molar-refractivity contribution in [3.63, 3.8) is 0 Å². The Morgan fingerprint density at radius 3 is 2.30 bits per heavy atom. The number of nitrogens with two attached hydrogens (primary N) is 1. The van der Waals surface area contributed by atoms with E-state index in [-0.39, 0.29) is 11.1 Å². The largest absolute Gasteiger partial charge is 0.383 e. The molecule has 2 aromatic heterocycles. The molecule has 0 radical (unpaired) electrons. The van der Waals surface area contributed by atoms with Crippen molar-refractivity contribution in [1.82, 2.24) is 9.97 Å². The Hall–Kier alpha value is -3.93. The fourth-order valence-corrected chi connectivity index (χ4v) is 4.07. The Balaban J connectivity index is 1.82. The van der Waals surface area contributed by atoms with Crippen molar-refractivity contribution in [2.24, 2.45) is 10.7 Å². The third-order valence-electron chi connectivity index (χ3n) is 5.41. The summed E-state index contributed by atoms with van der Waals surface area (Å²) in [6.07, 6.45) is 4.68. The highest BCUT2D eigenvalue weighted by atomic mass is 19.1. The van der Waals surface area contributed by atoms with Gasteiger partial charge in [-0.05, 0) is 53.1 Å². The summed E-state index contributed by atoms with van der Waals surface area (Å²) in [7, 11) is 0. The van der Waals surface area contributed by atoms with E-state index >= 15 is 0 Å². The lowest BCUT2D eigenvalue weighted by Crippen LogP contribution is -2.25. The highest BCUT2D eigenvalue weighted by Crippen LogP contribution is 2.46. The molecule has 1 atom stereocenters. The van der Waals surface area contributed by atoms with Gasteiger partial charge >= 0.3 is 0 Å². The fraction of sp³-hybridized carbons (Fsp3) is 0.0417. The van der Waals surface area contributed by atoms with Crippen LogP contribution in [-0.4, -0.2) is 15.8 Å².